The largest absolute Gasteiger partial charge is 0.469 e. The number of nitrogens with zero attached hydrogens (tertiary/aromatic N) is 1. The topological polar surface area (TPSA) is 69.4 Å². The lowest BCUT2D eigenvalue weighted by molar-refractivity contribution is -0.385. The van der Waals surface area contributed by atoms with Crippen LogP contribution in [0.2, 0.25) is 0 Å². The predicted octanol–water partition coefficient (Wildman–Crippen LogP) is 3.17. The van der Waals surface area contributed by atoms with Crippen molar-refractivity contribution in [1.29, 1.82) is 0 Å². The zero-order valence-electron chi connectivity index (χ0n) is 10.9. The normalized spacial score (nSPS) is 15.7. The first-order valence-corrected chi connectivity index (χ1v) is 7.07. The maximum Gasteiger partial charge on any atom is 0.306 e. The highest BCUT2D eigenvalue weighted by molar-refractivity contribution is 7.99. The number of methoxy groups -OCH3 is 1. The number of esters is 1. The first-order valence-electron chi connectivity index (χ1n) is 6.09. The van der Waals surface area contributed by atoms with Crippen molar-refractivity contribution in [1.82, 2.24) is 0 Å². The summed E-state index contributed by atoms with van der Waals surface area (Å²) in [6.07, 6.45) is 2.19. The summed E-state index contributed by atoms with van der Waals surface area (Å²) < 4.78 is 17.9. The number of benzene rings is 1. The molecule has 108 valence electrons. The summed E-state index contributed by atoms with van der Waals surface area (Å²) in [6, 6.07) is 3.51. The van der Waals surface area contributed by atoms with Crippen molar-refractivity contribution in [3.05, 3.63) is 34.1 Å². The monoisotopic (exact) mass is 299 g/mol. The quantitative estimate of drug-likeness (QED) is 0.349. The third-order valence-electron chi connectivity index (χ3n) is 3.32. The molecule has 0 saturated heterocycles. The van der Waals surface area contributed by atoms with Crippen LogP contribution < -0.4 is 0 Å². The van der Waals surface area contributed by atoms with Crippen LogP contribution in [0.25, 0.3) is 0 Å². The standard InChI is InChI=1S/C13H14FNO4S/c1-19-12(16)7-13(2-3-13)8-20-11-5-9(14)4-10(6-11)15(17)18/h4-6H,2-3,7-8H2,1H3. The fourth-order valence-electron chi connectivity index (χ4n) is 1.90. The second kappa shape index (κ2) is 5.78. The van der Waals surface area contributed by atoms with E-state index in [1.165, 1.54) is 31.0 Å². The number of hydrogen-bond donors (Lipinski definition) is 0. The Morgan fingerprint density at radius 2 is 2.20 bits per heavy atom. The van der Waals surface area contributed by atoms with E-state index in [4.69, 9.17) is 0 Å². The van der Waals surface area contributed by atoms with Crippen molar-refractivity contribution in [3.8, 4) is 0 Å². The third-order valence-corrected chi connectivity index (χ3v) is 4.64. The predicted molar refractivity (Wildman–Crippen MR) is 72.1 cm³/mol. The molecule has 5 nitrogen and oxygen atoms in total. The molecule has 7 heteroatoms. The molecular formula is C13H14FNO4S. The Morgan fingerprint density at radius 3 is 2.75 bits per heavy atom. The molecule has 1 aliphatic rings. The molecule has 0 aliphatic heterocycles. The number of non-ortho nitro benzene ring substituents is 1. The molecule has 0 radical (unpaired) electrons. The Kier molecular flexibility index (Phi) is 4.27. The molecule has 0 N–H and O–H groups in total. The van der Waals surface area contributed by atoms with Gasteiger partial charge in [0.2, 0.25) is 0 Å². The average Bonchev–Trinajstić information content (AvgIpc) is 3.16. The minimum atomic E-state index is -0.625. The molecule has 0 spiro atoms. The Hall–Kier alpha value is -1.63. The van der Waals surface area contributed by atoms with Gasteiger partial charge in [-0.3, -0.25) is 14.9 Å². The van der Waals surface area contributed by atoms with Crippen LogP contribution in [-0.4, -0.2) is 23.8 Å². The summed E-state index contributed by atoms with van der Waals surface area (Å²) in [7, 11) is 1.35. The summed E-state index contributed by atoms with van der Waals surface area (Å²) in [5.74, 6) is -0.254. The van der Waals surface area contributed by atoms with Crippen LogP contribution in [0, 0.1) is 21.3 Å². The summed E-state index contributed by atoms with van der Waals surface area (Å²) in [4.78, 5) is 21.9. The van der Waals surface area contributed by atoms with Gasteiger partial charge in [0.25, 0.3) is 5.69 Å². The second-order valence-corrected chi connectivity index (χ2v) is 5.99. The molecule has 0 heterocycles. The van der Waals surface area contributed by atoms with E-state index < -0.39 is 10.7 Å². The lowest BCUT2D eigenvalue weighted by Crippen LogP contribution is -2.13. The SMILES string of the molecule is COC(=O)CC1(CSc2cc(F)cc([N+](=O)[O-])c2)CC1. The summed E-state index contributed by atoms with van der Waals surface area (Å²) in [6.45, 7) is 0. The first kappa shape index (κ1) is 14.8. The van der Waals surface area contributed by atoms with Crippen LogP contribution in [0.3, 0.4) is 0 Å². The van der Waals surface area contributed by atoms with Gasteiger partial charge in [-0.25, -0.2) is 4.39 Å². The number of ether oxygens (including phenoxy) is 1. The highest BCUT2D eigenvalue weighted by Crippen LogP contribution is 2.52. The van der Waals surface area contributed by atoms with E-state index >= 15 is 0 Å². The van der Waals surface area contributed by atoms with Gasteiger partial charge in [0, 0.05) is 16.7 Å². The maximum atomic E-state index is 13.3. The molecule has 0 bridgehead atoms. The van der Waals surface area contributed by atoms with Gasteiger partial charge in [0.1, 0.15) is 5.82 Å². The highest BCUT2D eigenvalue weighted by atomic mass is 32.2. The number of thioether (sulfide) groups is 1. The van der Waals surface area contributed by atoms with Crippen molar-refractivity contribution in [2.24, 2.45) is 5.41 Å². The summed E-state index contributed by atoms with van der Waals surface area (Å²) in [5, 5.41) is 10.7. The van der Waals surface area contributed by atoms with Crippen LogP contribution in [0.15, 0.2) is 23.1 Å². The van der Waals surface area contributed by atoms with E-state index in [-0.39, 0.29) is 17.1 Å². The zero-order valence-corrected chi connectivity index (χ0v) is 11.7. The third kappa shape index (κ3) is 3.69. The number of halogens is 1. The van der Waals surface area contributed by atoms with Gasteiger partial charge in [0.05, 0.1) is 24.5 Å². The van der Waals surface area contributed by atoms with E-state index in [1.807, 2.05) is 0 Å². The second-order valence-electron chi connectivity index (χ2n) is 4.94. The van der Waals surface area contributed by atoms with Crippen LogP contribution in [0.5, 0.6) is 0 Å². The molecule has 1 saturated carbocycles. The summed E-state index contributed by atoms with van der Waals surface area (Å²) in [5.41, 5.74) is -0.357. The molecule has 0 amide bonds. The van der Waals surface area contributed by atoms with Crippen LogP contribution in [0.4, 0.5) is 10.1 Å². The van der Waals surface area contributed by atoms with Gasteiger partial charge in [-0.1, -0.05) is 0 Å². The number of nitro groups is 1. The van der Waals surface area contributed by atoms with Gasteiger partial charge < -0.3 is 4.74 Å². The average molecular weight is 299 g/mol. The lowest BCUT2D eigenvalue weighted by Gasteiger charge is -2.12. The smallest absolute Gasteiger partial charge is 0.306 e. The maximum absolute atomic E-state index is 13.3. The van der Waals surface area contributed by atoms with Gasteiger partial charge in [-0.05, 0) is 24.3 Å². The zero-order chi connectivity index (χ0) is 14.8. The molecule has 1 aliphatic carbocycles. The molecule has 0 aromatic heterocycles. The fourth-order valence-corrected chi connectivity index (χ4v) is 3.16. The van der Waals surface area contributed by atoms with E-state index in [0.717, 1.165) is 18.9 Å². The Labute approximate surface area is 119 Å². The number of hydrogen-bond acceptors (Lipinski definition) is 5. The van der Waals surface area contributed by atoms with E-state index in [1.54, 1.807) is 0 Å². The van der Waals surface area contributed by atoms with Crippen LogP contribution >= 0.6 is 11.8 Å². The van der Waals surface area contributed by atoms with Crippen molar-refractivity contribution >= 4 is 23.4 Å². The lowest BCUT2D eigenvalue weighted by atomic mass is 10.1. The Bertz CT molecular complexity index is 545. The molecule has 20 heavy (non-hydrogen) atoms. The van der Waals surface area contributed by atoms with E-state index in [9.17, 15) is 19.3 Å². The number of carbonyl (C=O) groups excluding carboxylic acids is 1. The molecule has 1 fully saturated rings. The number of carbonyl (C=O) groups is 1. The highest BCUT2D eigenvalue weighted by Gasteiger charge is 2.44. The molecular weight excluding hydrogens is 285 g/mol. The molecule has 1 aromatic carbocycles. The molecule has 0 unspecified atom stereocenters. The van der Waals surface area contributed by atoms with Crippen molar-refractivity contribution in [2.45, 2.75) is 24.2 Å². The van der Waals surface area contributed by atoms with Crippen LogP contribution in [-0.2, 0) is 9.53 Å². The summed E-state index contributed by atoms with van der Waals surface area (Å²) >= 11 is 1.34. The Balaban J connectivity index is 2.01. The molecule has 1 aromatic rings. The number of rotatable bonds is 6. The number of nitro benzene ring substituents is 1. The van der Waals surface area contributed by atoms with Gasteiger partial charge in [-0.2, -0.15) is 0 Å². The van der Waals surface area contributed by atoms with E-state index in [0.29, 0.717) is 17.1 Å². The van der Waals surface area contributed by atoms with Crippen molar-refractivity contribution < 1.29 is 18.8 Å². The minimum Gasteiger partial charge on any atom is -0.469 e. The fraction of sp³-hybridized carbons (Fsp3) is 0.462. The van der Waals surface area contributed by atoms with Gasteiger partial charge >= 0.3 is 5.97 Å². The first-order chi connectivity index (χ1) is 9.44. The minimum absolute atomic E-state index is 0.0984. The Morgan fingerprint density at radius 1 is 1.50 bits per heavy atom. The van der Waals surface area contributed by atoms with Crippen molar-refractivity contribution in [2.75, 3.05) is 12.9 Å². The van der Waals surface area contributed by atoms with Crippen LogP contribution in [0.1, 0.15) is 19.3 Å². The molecule has 2 rings (SSSR count). The van der Waals surface area contributed by atoms with E-state index in [2.05, 4.69) is 4.74 Å². The van der Waals surface area contributed by atoms with Gasteiger partial charge in [0.15, 0.2) is 0 Å². The molecule has 0 atom stereocenters. The van der Waals surface area contributed by atoms with Crippen molar-refractivity contribution in [3.63, 3.8) is 0 Å². The van der Waals surface area contributed by atoms with Gasteiger partial charge in [-0.15, -0.1) is 11.8 Å².